The van der Waals surface area contributed by atoms with Gasteiger partial charge in [-0.2, -0.15) is 9.12 Å². The van der Waals surface area contributed by atoms with E-state index in [0.717, 1.165) is 42.9 Å². The highest BCUT2D eigenvalue weighted by Gasteiger charge is 2.33. The van der Waals surface area contributed by atoms with Crippen LogP contribution in [-0.4, -0.2) is 60.5 Å². The van der Waals surface area contributed by atoms with E-state index in [4.69, 9.17) is 16.3 Å². The second-order valence-electron chi connectivity index (χ2n) is 9.36. The first-order valence-corrected chi connectivity index (χ1v) is 12.1. The van der Waals surface area contributed by atoms with Gasteiger partial charge in [-0.25, -0.2) is 0 Å². The van der Waals surface area contributed by atoms with Gasteiger partial charge in [-0.1, -0.05) is 11.6 Å². The molecule has 1 N–H and O–H groups in total. The maximum Gasteiger partial charge on any atom is 0.261 e. The lowest BCUT2D eigenvalue weighted by molar-refractivity contribution is -0.614. The van der Waals surface area contributed by atoms with E-state index in [2.05, 4.69) is 17.1 Å². The molecule has 10 heteroatoms. The summed E-state index contributed by atoms with van der Waals surface area (Å²) in [6, 6.07) is 4.61. The second kappa shape index (κ2) is 10.5. The number of nitrogens with one attached hydrogen (secondary N) is 1. The van der Waals surface area contributed by atoms with E-state index < -0.39 is 11.7 Å². The van der Waals surface area contributed by atoms with E-state index in [0.29, 0.717) is 41.7 Å². The Balaban J connectivity index is 1.44. The summed E-state index contributed by atoms with van der Waals surface area (Å²) in [6.45, 7) is 9.13. The minimum atomic E-state index is -0.747. The van der Waals surface area contributed by atoms with E-state index >= 15 is 0 Å². The molecule has 35 heavy (non-hydrogen) atoms. The number of aromatic nitrogens is 1. The summed E-state index contributed by atoms with van der Waals surface area (Å²) >= 11 is 6.36. The highest BCUT2D eigenvalue weighted by atomic mass is 35.5. The molecule has 2 aromatic rings. The fourth-order valence-corrected chi connectivity index (χ4v) is 4.90. The maximum atomic E-state index is 13.9. The van der Waals surface area contributed by atoms with Crippen LogP contribution < -0.4 is 10.0 Å². The summed E-state index contributed by atoms with van der Waals surface area (Å²) < 4.78 is 19.7. The number of benzene rings is 1. The molecule has 2 aliphatic rings. The van der Waals surface area contributed by atoms with Crippen LogP contribution >= 0.6 is 11.6 Å². The Hall–Kier alpha value is -2.75. The number of ether oxygens (including phenoxy) is 1. The van der Waals surface area contributed by atoms with E-state index in [1.165, 1.54) is 6.92 Å². The number of halogens is 2. The third-order valence-electron chi connectivity index (χ3n) is 6.87. The third-order valence-corrected chi connectivity index (χ3v) is 7.09. The first kappa shape index (κ1) is 25.3. The fourth-order valence-electron chi connectivity index (χ4n) is 4.66. The number of pyridine rings is 1. The summed E-state index contributed by atoms with van der Waals surface area (Å²) in [5.41, 5.74) is 2.10. The maximum absolute atomic E-state index is 13.9. The van der Waals surface area contributed by atoms with Crippen LogP contribution in [0.1, 0.15) is 40.5 Å². The first-order chi connectivity index (χ1) is 16.6. The van der Waals surface area contributed by atoms with Crippen molar-refractivity contribution in [3.05, 3.63) is 62.8 Å². The lowest BCUT2D eigenvalue weighted by atomic mass is 10.0. The largest absolute Gasteiger partial charge is 0.618 e. The molecular formula is C25H30ClFN4O4. The van der Waals surface area contributed by atoms with E-state index in [-0.39, 0.29) is 29.1 Å². The van der Waals surface area contributed by atoms with Gasteiger partial charge in [-0.05, 0) is 49.6 Å². The van der Waals surface area contributed by atoms with Crippen LogP contribution in [0, 0.1) is 30.8 Å². The molecule has 2 saturated heterocycles. The number of hydrogen-bond acceptors (Lipinski definition) is 5. The summed E-state index contributed by atoms with van der Waals surface area (Å²) in [7, 11) is 0. The second-order valence-corrected chi connectivity index (χ2v) is 9.79. The lowest BCUT2D eigenvalue weighted by Gasteiger charge is -2.41. The highest BCUT2D eigenvalue weighted by Crippen LogP contribution is 2.28. The molecule has 2 unspecified atom stereocenters. The van der Waals surface area contributed by atoms with Crippen LogP contribution in [0.4, 0.5) is 10.1 Å². The van der Waals surface area contributed by atoms with Crippen molar-refractivity contribution in [1.82, 2.24) is 9.80 Å². The van der Waals surface area contributed by atoms with Crippen LogP contribution in [-0.2, 0) is 16.1 Å². The van der Waals surface area contributed by atoms with Gasteiger partial charge in [-0.3, -0.25) is 14.5 Å². The summed E-state index contributed by atoms with van der Waals surface area (Å²) in [4.78, 5) is 29.8. The zero-order valence-corrected chi connectivity index (χ0v) is 20.9. The smallest absolute Gasteiger partial charge is 0.261 e. The Bertz CT molecular complexity index is 1120. The van der Waals surface area contributed by atoms with Crippen molar-refractivity contribution in [2.45, 2.75) is 39.8 Å². The molecule has 8 nitrogen and oxygen atoms in total. The number of hydrogen-bond donors (Lipinski definition) is 1. The molecule has 2 atom stereocenters. The van der Waals surface area contributed by atoms with Crippen LogP contribution in [0.15, 0.2) is 24.4 Å². The van der Waals surface area contributed by atoms with Crippen LogP contribution in [0.3, 0.4) is 0 Å². The zero-order chi connectivity index (χ0) is 25.3. The topological polar surface area (TPSA) is 88.8 Å². The van der Waals surface area contributed by atoms with Crippen molar-refractivity contribution >= 4 is 29.1 Å². The van der Waals surface area contributed by atoms with Gasteiger partial charge in [0, 0.05) is 56.5 Å². The molecule has 2 fully saturated rings. The van der Waals surface area contributed by atoms with Crippen LogP contribution in [0.2, 0.25) is 5.02 Å². The molecule has 2 amide bonds. The fraction of sp³-hybridized carbons (Fsp3) is 0.480. The molecule has 1 aromatic carbocycles. The Morgan fingerprint density at radius 3 is 2.71 bits per heavy atom. The average Bonchev–Trinajstić information content (AvgIpc) is 3.35. The predicted molar refractivity (Wildman–Crippen MR) is 130 cm³/mol. The number of rotatable bonds is 5. The zero-order valence-electron chi connectivity index (χ0n) is 20.1. The lowest BCUT2D eigenvalue weighted by Crippen LogP contribution is -2.55. The summed E-state index contributed by atoms with van der Waals surface area (Å²) in [6.07, 6.45) is 1.83. The SMILES string of the molecule is Cc1c(CN2CCN(C(=O)C3CCOC3)C(C)C2)cc(Cl)cc1NC(=O)c1cc(F)c(C)[n+]([O-])c1. The molecule has 3 heterocycles. The summed E-state index contributed by atoms with van der Waals surface area (Å²) in [5, 5.41) is 15.0. The van der Waals surface area contributed by atoms with Gasteiger partial charge in [-0.15, -0.1) is 0 Å². The number of carbonyl (C=O) groups excluding carboxylic acids is 2. The number of amides is 2. The Labute approximate surface area is 209 Å². The number of anilines is 1. The Morgan fingerprint density at radius 1 is 1.29 bits per heavy atom. The molecule has 1 aromatic heterocycles. The van der Waals surface area contributed by atoms with Crippen molar-refractivity contribution in [1.29, 1.82) is 0 Å². The minimum absolute atomic E-state index is 0.0385. The van der Waals surface area contributed by atoms with Gasteiger partial charge in [0.15, 0.2) is 12.0 Å². The predicted octanol–water partition coefficient (Wildman–Crippen LogP) is 3.05. The number of carbonyl (C=O) groups is 2. The average molecular weight is 505 g/mol. The van der Waals surface area contributed by atoms with Crippen molar-refractivity contribution in [3.8, 4) is 0 Å². The van der Waals surface area contributed by atoms with Gasteiger partial charge in [0.2, 0.25) is 11.6 Å². The standard InChI is InChI=1S/C25H30ClFN4O4/c1-15-11-29(5-6-30(15)25(33)18-4-7-35-14-18)12-19-8-21(26)10-23(16(19)2)28-24(32)20-9-22(27)17(3)31(34)13-20/h8-10,13,15,18H,4-7,11-12,14H2,1-3H3,(H,28,32). The van der Waals surface area contributed by atoms with Gasteiger partial charge in [0.1, 0.15) is 5.56 Å². The monoisotopic (exact) mass is 504 g/mol. The van der Waals surface area contributed by atoms with Crippen LogP contribution in [0.25, 0.3) is 0 Å². The van der Waals surface area contributed by atoms with Gasteiger partial charge in [0.05, 0.1) is 12.5 Å². The quantitative estimate of drug-likeness (QED) is 0.499. The summed E-state index contributed by atoms with van der Waals surface area (Å²) in [5.74, 6) is -1.21. The molecule has 4 rings (SSSR count). The first-order valence-electron chi connectivity index (χ1n) is 11.7. The van der Waals surface area contributed by atoms with Gasteiger partial charge in [0.25, 0.3) is 5.91 Å². The molecule has 188 valence electrons. The molecule has 0 spiro atoms. The van der Waals surface area contributed by atoms with Gasteiger partial charge >= 0.3 is 0 Å². The number of piperazine rings is 1. The third kappa shape index (κ3) is 5.58. The molecule has 0 aliphatic carbocycles. The molecule has 0 radical (unpaired) electrons. The molecule has 2 aliphatic heterocycles. The normalized spacial score (nSPS) is 20.8. The van der Waals surface area contributed by atoms with Crippen molar-refractivity contribution < 1.29 is 23.4 Å². The van der Waals surface area contributed by atoms with Crippen LogP contribution in [0.5, 0.6) is 0 Å². The van der Waals surface area contributed by atoms with Crippen molar-refractivity contribution in [3.63, 3.8) is 0 Å². The highest BCUT2D eigenvalue weighted by molar-refractivity contribution is 6.31. The Morgan fingerprint density at radius 2 is 2.06 bits per heavy atom. The Kier molecular flexibility index (Phi) is 7.59. The number of nitrogens with zero attached hydrogens (tertiary/aromatic N) is 3. The molecule has 0 saturated carbocycles. The van der Waals surface area contributed by atoms with E-state index in [1.54, 1.807) is 6.07 Å². The van der Waals surface area contributed by atoms with Crippen molar-refractivity contribution in [2.24, 2.45) is 5.92 Å². The van der Waals surface area contributed by atoms with Crippen molar-refractivity contribution in [2.75, 3.05) is 38.2 Å². The van der Waals surface area contributed by atoms with Gasteiger partial charge < -0.3 is 20.2 Å². The van der Waals surface area contributed by atoms with E-state index in [9.17, 15) is 19.2 Å². The molecule has 0 bridgehead atoms. The molecular weight excluding hydrogens is 475 g/mol. The van der Waals surface area contributed by atoms with E-state index in [1.807, 2.05) is 17.9 Å². The minimum Gasteiger partial charge on any atom is -0.618 e.